The first-order valence-corrected chi connectivity index (χ1v) is 5.34. The highest BCUT2D eigenvalue weighted by Crippen LogP contribution is 2.38. The van der Waals surface area contributed by atoms with Crippen LogP contribution < -0.4 is 0 Å². The first-order chi connectivity index (χ1) is 7.86. The Labute approximate surface area is 92.8 Å². The lowest BCUT2D eigenvalue weighted by Gasteiger charge is -2.00. The van der Waals surface area contributed by atoms with Gasteiger partial charge in [0, 0.05) is 12.1 Å². The van der Waals surface area contributed by atoms with Gasteiger partial charge in [-0.3, -0.25) is 4.98 Å². The molecule has 82 valence electrons. The van der Waals surface area contributed by atoms with Gasteiger partial charge in [-0.25, -0.2) is 9.67 Å². The lowest BCUT2D eigenvalue weighted by Crippen LogP contribution is -2.01. The van der Waals surface area contributed by atoms with Crippen molar-refractivity contribution < 1.29 is 5.11 Å². The molecule has 5 heteroatoms. The van der Waals surface area contributed by atoms with E-state index in [0.717, 1.165) is 5.69 Å². The van der Waals surface area contributed by atoms with Gasteiger partial charge in [-0.1, -0.05) is 0 Å². The van der Waals surface area contributed by atoms with Gasteiger partial charge >= 0.3 is 0 Å². The fourth-order valence-electron chi connectivity index (χ4n) is 1.61. The van der Waals surface area contributed by atoms with Gasteiger partial charge in [0.2, 0.25) is 0 Å². The molecule has 1 saturated carbocycles. The molecule has 1 aliphatic rings. The first-order valence-electron chi connectivity index (χ1n) is 5.34. The maximum absolute atomic E-state index is 8.86. The summed E-state index contributed by atoms with van der Waals surface area (Å²) in [6.45, 7) is -0.0836. The second-order valence-electron chi connectivity index (χ2n) is 3.98. The normalized spacial score (nSPS) is 15.3. The standard InChI is InChI=1S/C11H12N4O/c16-7-9-5-13-11(6-12-9)15-4-3-10(14-15)8-1-2-8/h3-6,8,16H,1-2,7H2. The summed E-state index contributed by atoms with van der Waals surface area (Å²) in [5.74, 6) is 1.33. The van der Waals surface area contributed by atoms with E-state index in [2.05, 4.69) is 15.1 Å². The molecule has 0 spiro atoms. The lowest BCUT2D eigenvalue weighted by atomic mass is 10.3. The van der Waals surface area contributed by atoms with Crippen LogP contribution in [0.25, 0.3) is 5.82 Å². The minimum absolute atomic E-state index is 0.0836. The zero-order valence-corrected chi connectivity index (χ0v) is 8.74. The Kier molecular flexibility index (Phi) is 2.18. The molecule has 5 nitrogen and oxygen atoms in total. The maximum atomic E-state index is 8.86. The maximum Gasteiger partial charge on any atom is 0.171 e. The molecule has 0 saturated heterocycles. The van der Waals surface area contributed by atoms with Gasteiger partial charge in [-0.2, -0.15) is 5.10 Å². The molecule has 2 aromatic heterocycles. The average Bonchev–Trinajstić information content (AvgIpc) is 3.08. The summed E-state index contributed by atoms with van der Waals surface area (Å²) >= 11 is 0. The van der Waals surface area contributed by atoms with Crippen LogP contribution in [0, 0.1) is 0 Å². The van der Waals surface area contributed by atoms with Crippen molar-refractivity contribution in [2.24, 2.45) is 0 Å². The molecular weight excluding hydrogens is 204 g/mol. The number of aromatic nitrogens is 4. The SMILES string of the molecule is OCc1cnc(-n2ccc(C3CC3)n2)cn1. The Morgan fingerprint density at radius 3 is 2.81 bits per heavy atom. The Balaban J connectivity index is 1.88. The molecule has 2 aromatic rings. The Morgan fingerprint density at radius 2 is 2.19 bits per heavy atom. The molecule has 1 aliphatic carbocycles. The van der Waals surface area contributed by atoms with Crippen molar-refractivity contribution in [3.8, 4) is 5.82 Å². The van der Waals surface area contributed by atoms with Gasteiger partial charge in [0.05, 0.1) is 30.4 Å². The Hall–Kier alpha value is -1.75. The monoisotopic (exact) mass is 216 g/mol. The van der Waals surface area contributed by atoms with E-state index in [1.54, 1.807) is 17.1 Å². The third-order valence-corrected chi connectivity index (χ3v) is 2.69. The van der Waals surface area contributed by atoms with Crippen molar-refractivity contribution in [3.05, 3.63) is 36.0 Å². The fourth-order valence-corrected chi connectivity index (χ4v) is 1.61. The molecule has 1 fully saturated rings. The molecule has 2 heterocycles. The van der Waals surface area contributed by atoms with Gasteiger partial charge < -0.3 is 5.11 Å². The van der Waals surface area contributed by atoms with Crippen molar-refractivity contribution in [2.75, 3.05) is 0 Å². The minimum atomic E-state index is -0.0836. The number of nitrogens with zero attached hydrogens (tertiary/aromatic N) is 4. The Morgan fingerprint density at radius 1 is 1.31 bits per heavy atom. The van der Waals surface area contributed by atoms with Crippen LogP contribution in [0.15, 0.2) is 24.7 Å². The zero-order valence-electron chi connectivity index (χ0n) is 8.74. The molecule has 0 bridgehead atoms. The fraction of sp³-hybridized carbons (Fsp3) is 0.364. The van der Waals surface area contributed by atoms with Gasteiger partial charge in [0.25, 0.3) is 0 Å². The van der Waals surface area contributed by atoms with Crippen LogP contribution >= 0.6 is 0 Å². The van der Waals surface area contributed by atoms with E-state index >= 15 is 0 Å². The van der Waals surface area contributed by atoms with E-state index in [4.69, 9.17) is 5.11 Å². The van der Waals surface area contributed by atoms with Crippen molar-refractivity contribution >= 4 is 0 Å². The highest BCUT2D eigenvalue weighted by Gasteiger charge is 2.25. The van der Waals surface area contributed by atoms with Crippen LogP contribution in [0.5, 0.6) is 0 Å². The highest BCUT2D eigenvalue weighted by atomic mass is 16.3. The smallest absolute Gasteiger partial charge is 0.171 e. The number of hydrogen-bond acceptors (Lipinski definition) is 4. The second kappa shape index (κ2) is 3.68. The molecule has 0 radical (unpaired) electrons. The summed E-state index contributed by atoms with van der Waals surface area (Å²) in [5.41, 5.74) is 1.70. The summed E-state index contributed by atoms with van der Waals surface area (Å²) in [6, 6.07) is 2.03. The summed E-state index contributed by atoms with van der Waals surface area (Å²) in [4.78, 5) is 8.26. The largest absolute Gasteiger partial charge is 0.390 e. The molecule has 1 N–H and O–H groups in total. The van der Waals surface area contributed by atoms with Crippen molar-refractivity contribution in [3.63, 3.8) is 0 Å². The molecule has 16 heavy (non-hydrogen) atoms. The molecule has 0 aliphatic heterocycles. The summed E-state index contributed by atoms with van der Waals surface area (Å²) in [6.07, 6.45) is 7.57. The van der Waals surface area contributed by atoms with E-state index in [-0.39, 0.29) is 6.61 Å². The lowest BCUT2D eigenvalue weighted by molar-refractivity contribution is 0.276. The number of aliphatic hydroxyl groups excluding tert-OH is 1. The molecule has 0 atom stereocenters. The number of rotatable bonds is 3. The third-order valence-electron chi connectivity index (χ3n) is 2.69. The molecular formula is C11H12N4O. The summed E-state index contributed by atoms with van der Waals surface area (Å²) < 4.78 is 1.72. The van der Waals surface area contributed by atoms with Crippen LogP contribution in [0.1, 0.15) is 30.1 Å². The van der Waals surface area contributed by atoms with Crippen molar-refractivity contribution in [1.29, 1.82) is 0 Å². The van der Waals surface area contributed by atoms with E-state index in [9.17, 15) is 0 Å². The van der Waals surface area contributed by atoms with E-state index in [1.165, 1.54) is 12.8 Å². The van der Waals surface area contributed by atoms with Crippen molar-refractivity contribution in [2.45, 2.75) is 25.4 Å². The average molecular weight is 216 g/mol. The van der Waals surface area contributed by atoms with E-state index in [0.29, 0.717) is 17.4 Å². The first kappa shape index (κ1) is 9.47. The van der Waals surface area contributed by atoms with Gasteiger partial charge in [-0.05, 0) is 18.9 Å². The van der Waals surface area contributed by atoms with Crippen LogP contribution in [-0.2, 0) is 6.61 Å². The minimum Gasteiger partial charge on any atom is -0.390 e. The number of aliphatic hydroxyl groups is 1. The summed E-state index contributed by atoms with van der Waals surface area (Å²) in [5, 5.41) is 13.3. The second-order valence-corrected chi connectivity index (χ2v) is 3.98. The van der Waals surface area contributed by atoms with Gasteiger partial charge in [0.15, 0.2) is 5.82 Å². The predicted molar refractivity (Wildman–Crippen MR) is 57.1 cm³/mol. The summed E-state index contributed by atoms with van der Waals surface area (Å²) in [7, 11) is 0. The van der Waals surface area contributed by atoms with Crippen LogP contribution in [0.4, 0.5) is 0 Å². The van der Waals surface area contributed by atoms with Crippen molar-refractivity contribution in [1.82, 2.24) is 19.7 Å². The zero-order chi connectivity index (χ0) is 11.0. The third kappa shape index (κ3) is 1.69. The van der Waals surface area contributed by atoms with E-state index in [1.807, 2.05) is 12.3 Å². The highest BCUT2D eigenvalue weighted by molar-refractivity contribution is 5.21. The molecule has 0 aromatic carbocycles. The number of hydrogen-bond donors (Lipinski definition) is 1. The molecule has 3 rings (SSSR count). The van der Waals surface area contributed by atoms with Gasteiger partial charge in [-0.15, -0.1) is 0 Å². The van der Waals surface area contributed by atoms with Gasteiger partial charge in [0.1, 0.15) is 0 Å². The van der Waals surface area contributed by atoms with Crippen LogP contribution in [0.3, 0.4) is 0 Å². The molecule has 0 unspecified atom stereocenters. The molecule has 0 amide bonds. The Bertz CT molecular complexity index is 487. The van der Waals surface area contributed by atoms with E-state index < -0.39 is 0 Å². The topological polar surface area (TPSA) is 63.8 Å². The van der Waals surface area contributed by atoms with Crippen LogP contribution in [-0.4, -0.2) is 24.9 Å². The van der Waals surface area contributed by atoms with Crippen LogP contribution in [0.2, 0.25) is 0 Å². The quantitative estimate of drug-likeness (QED) is 0.832. The predicted octanol–water partition coefficient (Wildman–Crippen LogP) is 1.03.